The molecule has 0 aromatic heterocycles. The first kappa shape index (κ1) is 34.6. The first-order chi connectivity index (χ1) is 15.1. The Morgan fingerprint density at radius 1 is 0.500 bits per heavy atom. The van der Waals surface area contributed by atoms with E-state index in [4.69, 9.17) is 8.85 Å². The lowest BCUT2D eigenvalue weighted by atomic mass is 10.0. The van der Waals surface area contributed by atoms with Gasteiger partial charge in [-0.05, 0) is 39.2 Å². The third kappa shape index (κ3) is 25.0. The lowest BCUT2D eigenvalue weighted by Crippen LogP contribution is -3.00. The van der Waals surface area contributed by atoms with E-state index in [1.54, 1.807) is 0 Å². The van der Waals surface area contributed by atoms with Crippen LogP contribution in [0.2, 0.25) is 6.04 Å². The van der Waals surface area contributed by atoms with E-state index < -0.39 is 9.28 Å². The molecule has 0 spiro atoms. The van der Waals surface area contributed by atoms with Gasteiger partial charge in [0, 0.05) is 13.2 Å². The molecule has 0 bridgehead atoms. The lowest BCUT2D eigenvalue weighted by molar-refractivity contribution is -0.890. The van der Waals surface area contributed by atoms with Crippen LogP contribution in [0.25, 0.3) is 0 Å². The second-order valence-corrected chi connectivity index (χ2v) is 11.8. The molecule has 0 heterocycles. The first-order valence-electron chi connectivity index (χ1n) is 14.0. The number of unbranched alkanes of at least 4 members (excludes halogenated alkanes) is 15. The quantitative estimate of drug-likeness (QED) is 0.0980. The number of rotatable bonds is 25. The summed E-state index contributed by atoms with van der Waals surface area (Å²) in [4.78, 5) is 0. The van der Waals surface area contributed by atoms with Gasteiger partial charge in [-0.3, -0.25) is 0 Å². The Balaban J connectivity index is 0. The Labute approximate surface area is 211 Å². The topological polar surface area (TPSA) is 18.5 Å². The minimum atomic E-state index is -1.03. The highest BCUT2D eigenvalue weighted by Crippen LogP contribution is 2.14. The number of hydrogen-bond donors (Lipinski definition) is 0. The summed E-state index contributed by atoms with van der Waals surface area (Å²) in [5.74, 6) is 0. The molecular weight excluding hydrogens is 434 g/mol. The maximum absolute atomic E-state index is 5.76. The van der Waals surface area contributed by atoms with E-state index >= 15 is 0 Å². The van der Waals surface area contributed by atoms with Crippen LogP contribution in [-0.4, -0.2) is 54.2 Å². The van der Waals surface area contributed by atoms with E-state index in [2.05, 4.69) is 34.9 Å². The number of quaternary nitrogens is 1. The van der Waals surface area contributed by atoms with Crippen molar-refractivity contribution >= 4 is 9.28 Å². The molecule has 0 aromatic rings. The predicted molar refractivity (Wildman–Crippen MR) is 140 cm³/mol. The summed E-state index contributed by atoms with van der Waals surface area (Å²) >= 11 is 0. The van der Waals surface area contributed by atoms with Crippen molar-refractivity contribution in [2.75, 3.05) is 40.4 Å². The maximum atomic E-state index is 5.76. The van der Waals surface area contributed by atoms with Crippen LogP contribution in [-0.2, 0) is 8.85 Å². The highest BCUT2D eigenvalue weighted by molar-refractivity contribution is 6.44. The molecule has 0 amide bonds. The Kier molecular flexibility index (Phi) is 28.1. The molecule has 0 N–H and O–H groups in total. The molecule has 0 atom stereocenters. The van der Waals surface area contributed by atoms with Crippen molar-refractivity contribution in [1.29, 1.82) is 0 Å². The zero-order valence-corrected chi connectivity index (χ0v) is 24.5. The van der Waals surface area contributed by atoms with Gasteiger partial charge in [-0.25, -0.2) is 0 Å². The summed E-state index contributed by atoms with van der Waals surface area (Å²) in [6, 6.07) is 1.12. The summed E-state index contributed by atoms with van der Waals surface area (Å²) in [6.07, 6.45) is 24.3. The molecule has 0 aliphatic heterocycles. The highest BCUT2D eigenvalue weighted by Gasteiger charge is 2.19. The van der Waals surface area contributed by atoms with Crippen LogP contribution in [0.15, 0.2) is 0 Å². The van der Waals surface area contributed by atoms with Crippen molar-refractivity contribution in [2.24, 2.45) is 0 Å². The second-order valence-electron chi connectivity index (χ2n) is 10.0. The molecule has 32 heavy (non-hydrogen) atoms. The van der Waals surface area contributed by atoms with Crippen molar-refractivity contribution < 1.29 is 25.7 Å². The summed E-state index contributed by atoms with van der Waals surface area (Å²) < 4.78 is 12.7. The zero-order valence-electron chi connectivity index (χ0n) is 22.7. The van der Waals surface area contributed by atoms with E-state index in [0.29, 0.717) is 0 Å². The van der Waals surface area contributed by atoms with Crippen molar-refractivity contribution in [1.82, 2.24) is 0 Å². The molecule has 0 unspecified atom stereocenters. The van der Waals surface area contributed by atoms with E-state index in [0.717, 1.165) is 23.7 Å². The van der Waals surface area contributed by atoms with Crippen molar-refractivity contribution in [2.45, 2.75) is 136 Å². The lowest BCUT2D eigenvalue weighted by Gasteiger charge is -2.30. The van der Waals surface area contributed by atoms with Crippen molar-refractivity contribution in [3.8, 4) is 0 Å². The Morgan fingerprint density at radius 3 is 1.22 bits per heavy atom. The fourth-order valence-corrected chi connectivity index (χ4v) is 5.82. The average Bonchev–Trinajstić information content (AvgIpc) is 2.73. The van der Waals surface area contributed by atoms with E-state index in [-0.39, 0.29) is 12.4 Å². The normalized spacial score (nSPS) is 11.8. The van der Waals surface area contributed by atoms with Crippen LogP contribution < -0.4 is 12.4 Å². The van der Waals surface area contributed by atoms with Crippen molar-refractivity contribution in [3.63, 3.8) is 0 Å². The molecule has 0 fully saturated rings. The fraction of sp³-hybridized carbons (Fsp3) is 1.00. The highest BCUT2D eigenvalue weighted by atomic mass is 35.5. The number of halogens is 1. The van der Waals surface area contributed by atoms with Crippen LogP contribution in [0.1, 0.15) is 130 Å². The smallest absolute Gasteiger partial charge is 0.384 e. The molecule has 5 heteroatoms. The van der Waals surface area contributed by atoms with E-state index in [1.165, 1.54) is 122 Å². The molecule has 1 radical (unpaired) electrons. The number of nitrogens with zero attached hydrogens (tertiary/aromatic N) is 1. The molecular formula is C27H59ClNO2Si. The minimum Gasteiger partial charge on any atom is -1.00 e. The van der Waals surface area contributed by atoms with Gasteiger partial charge in [0.25, 0.3) is 0 Å². The van der Waals surface area contributed by atoms with E-state index in [1.807, 2.05) is 0 Å². The minimum absolute atomic E-state index is 0. The van der Waals surface area contributed by atoms with Gasteiger partial charge in [0.05, 0.1) is 27.2 Å². The zero-order chi connectivity index (χ0) is 23.0. The van der Waals surface area contributed by atoms with E-state index in [9.17, 15) is 0 Å². The van der Waals surface area contributed by atoms with Gasteiger partial charge < -0.3 is 25.7 Å². The Morgan fingerprint density at radius 2 is 0.844 bits per heavy atom. The van der Waals surface area contributed by atoms with Gasteiger partial charge in [-0.1, -0.05) is 96.8 Å². The Hall–Kier alpha value is 0.387. The summed E-state index contributed by atoms with van der Waals surface area (Å²) in [7, 11) is 3.75. The van der Waals surface area contributed by atoms with Gasteiger partial charge in [0.2, 0.25) is 0 Å². The molecule has 0 saturated heterocycles. The van der Waals surface area contributed by atoms with Crippen LogP contribution in [0.5, 0.6) is 0 Å². The van der Waals surface area contributed by atoms with Gasteiger partial charge in [0.1, 0.15) is 0 Å². The molecule has 0 aliphatic carbocycles. The molecule has 0 aromatic carbocycles. The SMILES string of the molecule is CCCCCCCCCCCCCCCCCC[N+](C)(C)CCC[Si](OCC)OCC.[Cl-]. The molecule has 0 saturated carbocycles. The molecule has 0 aliphatic rings. The van der Waals surface area contributed by atoms with Gasteiger partial charge >= 0.3 is 9.28 Å². The summed E-state index contributed by atoms with van der Waals surface area (Å²) in [6.45, 7) is 10.6. The monoisotopic (exact) mass is 492 g/mol. The molecule has 0 rings (SSSR count). The van der Waals surface area contributed by atoms with Gasteiger partial charge in [0.15, 0.2) is 0 Å². The largest absolute Gasteiger partial charge is 1.00 e. The Bertz CT molecular complexity index is 353. The maximum Gasteiger partial charge on any atom is 0.384 e. The first-order valence-corrected chi connectivity index (χ1v) is 15.5. The van der Waals surface area contributed by atoms with Gasteiger partial charge in [-0.2, -0.15) is 0 Å². The summed E-state index contributed by atoms with van der Waals surface area (Å²) in [5.41, 5.74) is 0. The standard InChI is InChI=1S/C27H59NO2Si.ClH/c1-6-9-10-11-12-13-14-15-16-17-18-19-20-21-22-23-25-28(4,5)26-24-27-31(29-7-2)30-8-3;/h6-27H2,1-5H3;1H/q+1;/p-1. The third-order valence-electron chi connectivity index (χ3n) is 6.37. The predicted octanol–water partition coefficient (Wildman–Crippen LogP) is 5.28. The van der Waals surface area contributed by atoms with Gasteiger partial charge in [-0.15, -0.1) is 0 Å². The van der Waals surface area contributed by atoms with Crippen LogP contribution in [0.3, 0.4) is 0 Å². The van der Waals surface area contributed by atoms with Crippen molar-refractivity contribution in [3.05, 3.63) is 0 Å². The second kappa shape index (κ2) is 26.0. The fourth-order valence-electron chi connectivity index (χ4n) is 4.36. The third-order valence-corrected chi connectivity index (χ3v) is 8.36. The number of hydrogen-bond acceptors (Lipinski definition) is 2. The molecule has 195 valence electrons. The summed E-state index contributed by atoms with van der Waals surface area (Å²) in [5, 5.41) is 0. The van der Waals surface area contributed by atoms with Crippen LogP contribution >= 0.6 is 0 Å². The van der Waals surface area contributed by atoms with Crippen LogP contribution in [0.4, 0.5) is 0 Å². The molecule has 3 nitrogen and oxygen atoms in total. The average molecular weight is 493 g/mol. The van der Waals surface area contributed by atoms with Crippen LogP contribution in [0, 0.1) is 0 Å².